The van der Waals surface area contributed by atoms with Crippen LogP contribution in [0.1, 0.15) is 0 Å². The summed E-state index contributed by atoms with van der Waals surface area (Å²) in [4.78, 5) is 4.38. The molecule has 1 fully saturated rings. The van der Waals surface area contributed by atoms with Crippen LogP contribution in [0.25, 0.3) is 10.2 Å². The van der Waals surface area contributed by atoms with Gasteiger partial charge in [0, 0.05) is 13.1 Å². The summed E-state index contributed by atoms with van der Waals surface area (Å²) in [5.74, 6) is 0. The summed E-state index contributed by atoms with van der Waals surface area (Å²) in [6.07, 6.45) is 0. The van der Waals surface area contributed by atoms with Crippen molar-refractivity contribution in [3.8, 4) is 0 Å². The Morgan fingerprint density at radius 3 is 2.79 bits per heavy atom. The molecule has 8 heteroatoms. The van der Waals surface area contributed by atoms with Crippen LogP contribution in [0.5, 0.6) is 0 Å². The number of sulfonamides is 1. The molecule has 5 nitrogen and oxygen atoms in total. The fourth-order valence-electron chi connectivity index (χ4n) is 1.97. The number of fused-ring (bicyclic) bond motifs is 1. The van der Waals surface area contributed by atoms with Gasteiger partial charge in [0.05, 0.1) is 28.3 Å². The second kappa shape index (κ2) is 4.99. The Hall–Kier alpha value is -0.730. The molecule has 0 unspecified atom stereocenters. The molecule has 2 aromatic rings. The van der Waals surface area contributed by atoms with Gasteiger partial charge in [-0.3, -0.25) is 0 Å². The number of hydrogen-bond donors (Lipinski definition) is 0. The quantitative estimate of drug-likeness (QED) is 0.849. The first kappa shape index (κ1) is 13.3. The average Bonchev–Trinajstić information content (AvgIpc) is 2.78. The molecule has 2 heterocycles. The number of rotatable bonds is 2. The fourth-order valence-corrected chi connectivity index (χ4v) is 4.55. The molecule has 0 atom stereocenters. The molecule has 0 bridgehead atoms. The number of halogens is 1. The van der Waals surface area contributed by atoms with E-state index in [-0.39, 0.29) is 4.90 Å². The Morgan fingerprint density at radius 1 is 1.32 bits per heavy atom. The molecule has 1 aliphatic rings. The lowest BCUT2D eigenvalue weighted by molar-refractivity contribution is 0.0730. The third kappa shape index (κ3) is 2.48. The van der Waals surface area contributed by atoms with E-state index in [1.54, 1.807) is 18.2 Å². The maximum Gasteiger partial charge on any atom is 0.243 e. The van der Waals surface area contributed by atoms with Crippen LogP contribution in [-0.4, -0.2) is 44.0 Å². The van der Waals surface area contributed by atoms with Crippen molar-refractivity contribution in [1.82, 2.24) is 9.29 Å². The van der Waals surface area contributed by atoms with E-state index in [2.05, 4.69) is 4.98 Å². The molecule has 0 radical (unpaired) electrons. The zero-order valence-corrected chi connectivity index (χ0v) is 12.3. The van der Waals surface area contributed by atoms with Crippen molar-refractivity contribution in [2.45, 2.75) is 4.90 Å². The molecular weight excluding hydrogens is 308 g/mol. The predicted octanol–water partition coefficient (Wildman–Crippen LogP) is 1.97. The second-order valence-corrected chi connectivity index (χ2v) is 7.66. The minimum Gasteiger partial charge on any atom is -0.379 e. The van der Waals surface area contributed by atoms with Gasteiger partial charge in [-0.2, -0.15) is 4.31 Å². The molecule has 1 saturated heterocycles. The van der Waals surface area contributed by atoms with Gasteiger partial charge in [-0.15, -0.1) is 11.3 Å². The molecule has 0 aliphatic carbocycles. The highest BCUT2D eigenvalue weighted by molar-refractivity contribution is 7.89. The van der Waals surface area contributed by atoms with E-state index in [1.807, 2.05) is 0 Å². The van der Waals surface area contributed by atoms with E-state index in [0.717, 1.165) is 10.2 Å². The van der Waals surface area contributed by atoms with E-state index in [0.29, 0.717) is 30.8 Å². The highest BCUT2D eigenvalue weighted by atomic mass is 35.5. The first-order valence-electron chi connectivity index (χ1n) is 5.71. The molecule has 0 saturated carbocycles. The van der Waals surface area contributed by atoms with Crippen LogP contribution in [0, 0.1) is 0 Å². The van der Waals surface area contributed by atoms with Crippen molar-refractivity contribution in [1.29, 1.82) is 0 Å². The Morgan fingerprint density at radius 2 is 2.05 bits per heavy atom. The zero-order chi connectivity index (χ0) is 13.5. The lowest BCUT2D eigenvalue weighted by atomic mass is 10.3. The lowest BCUT2D eigenvalue weighted by Crippen LogP contribution is -2.40. The lowest BCUT2D eigenvalue weighted by Gasteiger charge is -2.25. The largest absolute Gasteiger partial charge is 0.379 e. The molecule has 102 valence electrons. The van der Waals surface area contributed by atoms with Crippen LogP contribution in [-0.2, 0) is 14.8 Å². The average molecular weight is 319 g/mol. The first-order chi connectivity index (χ1) is 9.07. The fraction of sp³-hybridized carbons (Fsp3) is 0.364. The van der Waals surface area contributed by atoms with Crippen molar-refractivity contribution in [2.75, 3.05) is 26.3 Å². The van der Waals surface area contributed by atoms with Crippen molar-refractivity contribution < 1.29 is 13.2 Å². The van der Waals surface area contributed by atoms with Gasteiger partial charge >= 0.3 is 0 Å². The van der Waals surface area contributed by atoms with Gasteiger partial charge in [0.25, 0.3) is 0 Å². The summed E-state index contributed by atoms with van der Waals surface area (Å²) in [6.45, 7) is 1.66. The van der Waals surface area contributed by atoms with Crippen molar-refractivity contribution >= 4 is 43.2 Å². The molecular formula is C11H11ClN2O3S2. The summed E-state index contributed by atoms with van der Waals surface area (Å²) in [5, 5.41) is 0. The van der Waals surface area contributed by atoms with Gasteiger partial charge in [0.1, 0.15) is 0 Å². The highest BCUT2D eigenvalue weighted by Gasteiger charge is 2.26. The second-order valence-electron chi connectivity index (χ2n) is 4.11. The van der Waals surface area contributed by atoms with Crippen LogP contribution in [0.4, 0.5) is 0 Å². The summed E-state index contributed by atoms with van der Waals surface area (Å²) in [5.41, 5.74) is 0.718. The van der Waals surface area contributed by atoms with Crippen molar-refractivity contribution in [3.05, 3.63) is 22.7 Å². The number of hydrogen-bond acceptors (Lipinski definition) is 5. The molecule has 1 aliphatic heterocycles. The third-order valence-corrected chi connectivity index (χ3v) is 5.96. The monoisotopic (exact) mass is 318 g/mol. The maximum absolute atomic E-state index is 12.5. The van der Waals surface area contributed by atoms with Gasteiger partial charge < -0.3 is 4.74 Å². The summed E-state index contributed by atoms with van der Waals surface area (Å²) < 4.78 is 32.7. The number of ether oxygens (including phenoxy) is 1. The minimum absolute atomic E-state index is 0.280. The van der Waals surface area contributed by atoms with Crippen LogP contribution >= 0.6 is 22.9 Å². The van der Waals surface area contributed by atoms with Gasteiger partial charge in [-0.1, -0.05) is 11.6 Å². The molecule has 0 N–H and O–H groups in total. The van der Waals surface area contributed by atoms with Gasteiger partial charge in [-0.05, 0) is 18.2 Å². The van der Waals surface area contributed by atoms with Crippen LogP contribution in [0.15, 0.2) is 23.1 Å². The third-order valence-electron chi connectivity index (χ3n) is 2.94. The zero-order valence-electron chi connectivity index (χ0n) is 9.87. The normalized spacial score (nSPS) is 17.9. The molecule has 0 spiro atoms. The van der Waals surface area contributed by atoms with E-state index >= 15 is 0 Å². The number of aromatic nitrogens is 1. The van der Waals surface area contributed by atoms with E-state index in [1.165, 1.54) is 15.6 Å². The SMILES string of the molecule is O=S(=O)(c1ccc2nc(Cl)sc2c1)N1CCOCC1. The Bertz CT molecular complexity index is 708. The van der Waals surface area contributed by atoms with Crippen molar-refractivity contribution in [2.24, 2.45) is 0 Å². The van der Waals surface area contributed by atoms with E-state index < -0.39 is 10.0 Å². The van der Waals surface area contributed by atoms with E-state index in [4.69, 9.17) is 16.3 Å². The Balaban J connectivity index is 2.02. The maximum atomic E-state index is 12.5. The minimum atomic E-state index is -3.46. The molecule has 3 rings (SSSR count). The van der Waals surface area contributed by atoms with Crippen molar-refractivity contribution in [3.63, 3.8) is 0 Å². The first-order valence-corrected chi connectivity index (χ1v) is 8.35. The molecule has 0 amide bonds. The molecule has 1 aromatic heterocycles. The summed E-state index contributed by atoms with van der Waals surface area (Å²) >= 11 is 7.11. The van der Waals surface area contributed by atoms with E-state index in [9.17, 15) is 8.42 Å². The summed E-state index contributed by atoms with van der Waals surface area (Å²) in [6, 6.07) is 4.89. The highest BCUT2D eigenvalue weighted by Crippen LogP contribution is 2.28. The Labute approximate surface area is 119 Å². The van der Waals surface area contributed by atoms with Gasteiger partial charge in [-0.25, -0.2) is 13.4 Å². The van der Waals surface area contributed by atoms with Gasteiger partial charge in [0.15, 0.2) is 4.47 Å². The summed E-state index contributed by atoms with van der Waals surface area (Å²) in [7, 11) is -3.46. The standard InChI is InChI=1S/C11H11ClN2O3S2/c12-11-13-9-2-1-8(7-10(9)18-11)19(15,16)14-3-5-17-6-4-14/h1-2,7H,3-6H2. The smallest absolute Gasteiger partial charge is 0.243 e. The number of benzene rings is 1. The predicted molar refractivity (Wildman–Crippen MR) is 74.2 cm³/mol. The van der Waals surface area contributed by atoms with Gasteiger partial charge in [0.2, 0.25) is 10.0 Å². The van der Waals surface area contributed by atoms with Crippen LogP contribution < -0.4 is 0 Å². The topological polar surface area (TPSA) is 59.5 Å². The molecule has 19 heavy (non-hydrogen) atoms. The number of thiazole rings is 1. The molecule has 1 aromatic carbocycles. The van der Waals surface area contributed by atoms with Crippen LogP contribution in [0.2, 0.25) is 4.47 Å². The van der Waals surface area contributed by atoms with Crippen LogP contribution in [0.3, 0.4) is 0 Å². The Kier molecular flexibility index (Phi) is 3.48. The number of nitrogens with zero attached hydrogens (tertiary/aromatic N) is 2. The number of morpholine rings is 1.